The molecule has 0 spiro atoms. The first-order valence-corrected chi connectivity index (χ1v) is 8.03. The maximum absolute atomic E-state index is 11.4. The Morgan fingerprint density at radius 2 is 1.65 bits per heavy atom. The number of pyridine rings is 1. The molecule has 0 amide bonds. The number of aliphatic carboxylic acids is 1. The molecule has 0 aromatic carbocycles. The number of carboxylic acid groups (broad SMARTS) is 2. The molecule has 1 rings (SSSR count). The number of rotatable bonds is 4. The minimum atomic E-state index is -5.08. The summed E-state index contributed by atoms with van der Waals surface area (Å²) in [5.41, 5.74) is -0.547. The zero-order valence-corrected chi connectivity index (χ0v) is 14.3. The molecule has 0 saturated carbocycles. The fraction of sp³-hybridized carbons (Fsp3) is 0.333. The molecule has 26 heavy (non-hydrogen) atoms. The highest BCUT2D eigenvalue weighted by Gasteiger charge is 2.38. The first kappa shape index (κ1) is 23.1. The number of methoxy groups -OCH3 is 1. The van der Waals surface area contributed by atoms with Crippen LogP contribution in [0.5, 0.6) is 0 Å². The second-order valence-electron chi connectivity index (χ2n) is 4.43. The fourth-order valence-electron chi connectivity index (χ4n) is 1.18. The van der Waals surface area contributed by atoms with E-state index in [2.05, 4.69) is 9.72 Å². The van der Waals surface area contributed by atoms with E-state index in [1.54, 1.807) is 0 Å². The smallest absolute Gasteiger partial charge is 0.478 e. The quantitative estimate of drug-likeness (QED) is 0.690. The van der Waals surface area contributed by atoms with E-state index in [9.17, 15) is 31.2 Å². The monoisotopic (exact) mass is 402 g/mol. The van der Waals surface area contributed by atoms with Gasteiger partial charge in [0.1, 0.15) is 5.82 Å². The Bertz CT molecular complexity index is 807. The Hall–Kier alpha value is -2.90. The van der Waals surface area contributed by atoms with Gasteiger partial charge in [-0.25, -0.2) is 27.8 Å². The molecule has 0 atom stereocenters. The number of anilines is 1. The van der Waals surface area contributed by atoms with Gasteiger partial charge >= 0.3 is 24.1 Å². The number of carbonyl (C=O) groups is 3. The second kappa shape index (κ2) is 8.46. The summed E-state index contributed by atoms with van der Waals surface area (Å²) in [5.74, 6) is -5.10. The Morgan fingerprint density at radius 1 is 1.19 bits per heavy atom. The molecule has 1 aromatic heterocycles. The standard InChI is InChI=1S/C10H12N2O6S.C2HF3O2/c1-12(19(3,16)17)8-5-6(9(13)14)4-7(11-8)10(15)18-2;3-2(4,5)1(6)7/h4-5H,1-3H3,(H,13,14);(H,6,7). The molecule has 0 saturated heterocycles. The van der Waals surface area contributed by atoms with E-state index >= 15 is 0 Å². The molecule has 0 bridgehead atoms. The summed E-state index contributed by atoms with van der Waals surface area (Å²) in [5, 5.41) is 16.0. The maximum atomic E-state index is 11.4. The molecule has 146 valence electrons. The van der Waals surface area contributed by atoms with Gasteiger partial charge in [-0.05, 0) is 12.1 Å². The molecule has 10 nitrogen and oxygen atoms in total. The third-order valence-electron chi connectivity index (χ3n) is 2.52. The highest BCUT2D eigenvalue weighted by Crippen LogP contribution is 2.17. The van der Waals surface area contributed by atoms with Gasteiger partial charge in [0.2, 0.25) is 10.0 Å². The van der Waals surface area contributed by atoms with Crippen molar-refractivity contribution in [2.75, 3.05) is 24.7 Å². The lowest BCUT2D eigenvalue weighted by Crippen LogP contribution is -2.26. The zero-order valence-electron chi connectivity index (χ0n) is 13.4. The Kier molecular flexibility index (Phi) is 7.52. The number of aromatic nitrogens is 1. The Labute approximate surface area is 144 Å². The maximum Gasteiger partial charge on any atom is 0.490 e. The summed E-state index contributed by atoms with van der Waals surface area (Å²) in [6, 6.07) is 2.06. The summed E-state index contributed by atoms with van der Waals surface area (Å²) in [7, 11) is -1.31. The van der Waals surface area contributed by atoms with Crippen molar-refractivity contribution in [2.24, 2.45) is 0 Å². The number of ether oxygens (including phenoxy) is 1. The first-order valence-electron chi connectivity index (χ1n) is 6.19. The van der Waals surface area contributed by atoms with Crippen molar-refractivity contribution < 1.29 is 50.9 Å². The third kappa shape index (κ3) is 6.92. The van der Waals surface area contributed by atoms with E-state index in [1.165, 1.54) is 7.05 Å². The van der Waals surface area contributed by atoms with Gasteiger partial charge in [0.25, 0.3) is 0 Å². The number of nitrogens with zero attached hydrogens (tertiary/aromatic N) is 2. The number of carbonyl (C=O) groups excluding carboxylic acids is 1. The van der Waals surface area contributed by atoms with E-state index in [1.807, 2.05) is 0 Å². The molecule has 0 aliphatic carbocycles. The van der Waals surface area contributed by atoms with Crippen molar-refractivity contribution in [3.8, 4) is 0 Å². The lowest BCUT2D eigenvalue weighted by Gasteiger charge is -2.16. The Morgan fingerprint density at radius 3 is 1.96 bits per heavy atom. The summed E-state index contributed by atoms with van der Waals surface area (Å²) >= 11 is 0. The van der Waals surface area contributed by atoms with Gasteiger partial charge in [0.05, 0.1) is 18.9 Å². The Balaban J connectivity index is 0.000000758. The van der Waals surface area contributed by atoms with Crippen molar-refractivity contribution in [3.63, 3.8) is 0 Å². The number of carboxylic acids is 2. The second-order valence-corrected chi connectivity index (χ2v) is 6.44. The summed E-state index contributed by atoms with van der Waals surface area (Å²) < 4.78 is 59.7. The normalized spacial score (nSPS) is 11.0. The van der Waals surface area contributed by atoms with Crippen LogP contribution < -0.4 is 4.31 Å². The molecule has 0 fully saturated rings. The average Bonchev–Trinajstić information content (AvgIpc) is 2.51. The summed E-state index contributed by atoms with van der Waals surface area (Å²) in [4.78, 5) is 35.0. The van der Waals surface area contributed by atoms with Crippen molar-refractivity contribution in [2.45, 2.75) is 6.18 Å². The summed E-state index contributed by atoms with van der Waals surface area (Å²) in [6.07, 6.45) is -4.15. The minimum Gasteiger partial charge on any atom is -0.478 e. The van der Waals surface area contributed by atoms with E-state index in [0.717, 1.165) is 29.8 Å². The first-order chi connectivity index (χ1) is 11.6. The van der Waals surface area contributed by atoms with Crippen LogP contribution in [0.2, 0.25) is 0 Å². The number of halogens is 3. The fourth-order valence-corrected chi connectivity index (χ4v) is 1.61. The van der Waals surface area contributed by atoms with Gasteiger partial charge in [0, 0.05) is 7.05 Å². The predicted octanol–water partition coefficient (Wildman–Crippen LogP) is 0.596. The largest absolute Gasteiger partial charge is 0.490 e. The molecule has 2 N–H and O–H groups in total. The van der Waals surface area contributed by atoms with Crippen molar-refractivity contribution >= 4 is 33.7 Å². The average molecular weight is 402 g/mol. The predicted molar refractivity (Wildman–Crippen MR) is 79.5 cm³/mol. The topological polar surface area (TPSA) is 151 Å². The number of alkyl halides is 3. The number of hydrogen-bond donors (Lipinski definition) is 2. The van der Waals surface area contributed by atoms with Gasteiger partial charge in [-0.1, -0.05) is 0 Å². The van der Waals surface area contributed by atoms with Crippen molar-refractivity contribution in [1.82, 2.24) is 4.98 Å². The van der Waals surface area contributed by atoms with Crippen LogP contribution in [-0.2, 0) is 19.6 Å². The van der Waals surface area contributed by atoms with Crippen LogP contribution in [0.1, 0.15) is 20.8 Å². The van der Waals surface area contributed by atoms with Gasteiger partial charge in [-0.15, -0.1) is 0 Å². The molecular formula is C12H13F3N2O8S. The zero-order chi connectivity index (χ0) is 20.9. The molecule has 0 radical (unpaired) electrons. The van der Waals surface area contributed by atoms with Gasteiger partial charge in [0.15, 0.2) is 5.69 Å². The third-order valence-corrected chi connectivity index (χ3v) is 3.70. The van der Waals surface area contributed by atoms with Gasteiger partial charge < -0.3 is 14.9 Å². The summed E-state index contributed by atoms with van der Waals surface area (Å²) in [6.45, 7) is 0. The minimum absolute atomic E-state index is 0.178. The SMILES string of the molecule is COC(=O)c1cc(C(=O)O)cc(N(C)S(C)(=O)=O)n1.O=C(O)C(F)(F)F. The van der Waals surface area contributed by atoms with Crippen LogP contribution in [0.25, 0.3) is 0 Å². The van der Waals surface area contributed by atoms with Crippen molar-refractivity contribution in [3.05, 3.63) is 23.4 Å². The van der Waals surface area contributed by atoms with Crippen molar-refractivity contribution in [1.29, 1.82) is 0 Å². The van der Waals surface area contributed by atoms with Gasteiger partial charge in [-0.2, -0.15) is 13.2 Å². The lowest BCUT2D eigenvalue weighted by atomic mass is 10.2. The highest BCUT2D eigenvalue weighted by molar-refractivity contribution is 7.92. The highest BCUT2D eigenvalue weighted by atomic mass is 32.2. The molecule has 0 aliphatic heterocycles. The van der Waals surface area contributed by atoms with E-state index in [4.69, 9.17) is 15.0 Å². The molecular weight excluding hydrogens is 389 g/mol. The number of aromatic carboxylic acids is 1. The molecule has 1 aromatic rings. The van der Waals surface area contributed by atoms with Crippen LogP contribution in [0.15, 0.2) is 12.1 Å². The van der Waals surface area contributed by atoms with E-state index < -0.39 is 34.1 Å². The lowest BCUT2D eigenvalue weighted by molar-refractivity contribution is -0.192. The number of hydrogen-bond acceptors (Lipinski definition) is 7. The van der Waals surface area contributed by atoms with Crippen LogP contribution in [0, 0.1) is 0 Å². The van der Waals surface area contributed by atoms with Crippen LogP contribution >= 0.6 is 0 Å². The molecule has 14 heteroatoms. The van der Waals surface area contributed by atoms with E-state index in [0.29, 0.717) is 0 Å². The number of esters is 1. The van der Waals surface area contributed by atoms with Crippen LogP contribution in [0.4, 0.5) is 19.0 Å². The molecule has 1 heterocycles. The van der Waals surface area contributed by atoms with Crippen LogP contribution in [-0.4, -0.2) is 68.1 Å². The van der Waals surface area contributed by atoms with Crippen LogP contribution in [0.3, 0.4) is 0 Å². The molecule has 0 unspecified atom stereocenters. The molecule has 0 aliphatic rings. The van der Waals surface area contributed by atoms with E-state index in [-0.39, 0.29) is 17.1 Å². The van der Waals surface area contributed by atoms with Gasteiger partial charge in [-0.3, -0.25) is 4.31 Å². The number of sulfonamides is 1.